The van der Waals surface area contributed by atoms with Gasteiger partial charge in [-0.3, -0.25) is 14.7 Å². The van der Waals surface area contributed by atoms with Crippen molar-refractivity contribution in [3.8, 4) is 17.0 Å². The number of pyridine rings is 2. The largest absolute Gasteiger partial charge is 0.495 e. The number of nitrogens with zero attached hydrogens (tertiary/aromatic N) is 4. The fraction of sp³-hybridized carbons (Fsp3) is 0.605. The van der Waals surface area contributed by atoms with Gasteiger partial charge in [0.05, 0.1) is 18.4 Å². The van der Waals surface area contributed by atoms with E-state index >= 15 is 0 Å². The molecule has 4 fully saturated rings. The smallest absolute Gasteiger partial charge is 0.407 e. The molecule has 11 nitrogen and oxygen atoms in total. The van der Waals surface area contributed by atoms with E-state index in [0.29, 0.717) is 68.6 Å². The molecule has 0 bridgehead atoms. The number of rotatable bonds is 10. The summed E-state index contributed by atoms with van der Waals surface area (Å²) >= 11 is 0. The number of nitrogens with one attached hydrogen (secondary N) is 1. The third kappa shape index (κ3) is 7.92. The number of hydrogen-bond donors (Lipinski definition) is 2. The van der Waals surface area contributed by atoms with Crippen LogP contribution in [0.3, 0.4) is 0 Å². The normalized spacial score (nSPS) is 28.3. The maximum Gasteiger partial charge on any atom is 0.407 e. The molecule has 4 aliphatic rings. The predicted molar refractivity (Wildman–Crippen MR) is 183 cm³/mol. The third-order valence-electron chi connectivity index (χ3n) is 11.0. The van der Waals surface area contributed by atoms with E-state index in [1.54, 1.807) is 26.5 Å². The van der Waals surface area contributed by atoms with E-state index in [4.69, 9.17) is 28.8 Å². The maximum absolute atomic E-state index is 14.4. The Balaban J connectivity index is 1.02. The van der Waals surface area contributed by atoms with E-state index in [0.717, 1.165) is 72.8 Å². The first kappa shape index (κ1) is 33.5. The fourth-order valence-corrected chi connectivity index (χ4v) is 7.97. The van der Waals surface area contributed by atoms with Gasteiger partial charge in [-0.1, -0.05) is 0 Å². The lowest BCUT2D eigenvalue weighted by Crippen LogP contribution is -2.53. The molecule has 0 aromatic carbocycles. The summed E-state index contributed by atoms with van der Waals surface area (Å²) in [5.74, 6) is 3.29. The molecule has 2 amide bonds. The van der Waals surface area contributed by atoms with Gasteiger partial charge in [0.2, 0.25) is 5.91 Å². The topological polar surface area (TPSA) is 140 Å². The molecule has 0 spiro atoms. The van der Waals surface area contributed by atoms with Gasteiger partial charge in [0.25, 0.3) is 0 Å². The Hall–Kier alpha value is -3.99. The summed E-state index contributed by atoms with van der Waals surface area (Å²) in [7, 11) is 1.67. The number of carbonyl (C=O) groups excluding carboxylic acids is 2. The molecule has 262 valence electrons. The first-order valence-corrected chi connectivity index (χ1v) is 18.1. The second-order valence-electron chi connectivity index (χ2n) is 15.1. The quantitative estimate of drug-likeness (QED) is 0.237. The molecule has 2 N–H and O–H groups in total. The number of hydrogen-bond acceptors (Lipinski definition) is 9. The molecule has 3 heterocycles. The number of aliphatic hydroxyl groups is 1. The Morgan fingerprint density at radius 3 is 2.41 bits per heavy atom. The Kier molecular flexibility index (Phi) is 9.64. The summed E-state index contributed by atoms with van der Waals surface area (Å²) in [4.78, 5) is 43.1. The van der Waals surface area contributed by atoms with Crippen LogP contribution in [-0.4, -0.2) is 63.5 Å². The number of aromatic nitrogens is 3. The molecule has 0 radical (unpaired) electrons. The Morgan fingerprint density at radius 2 is 1.73 bits per heavy atom. The molecular weight excluding hydrogens is 622 g/mol. The average Bonchev–Trinajstić information content (AvgIpc) is 3.82. The van der Waals surface area contributed by atoms with E-state index in [-0.39, 0.29) is 24.0 Å². The van der Waals surface area contributed by atoms with Crippen molar-refractivity contribution in [1.82, 2.24) is 20.3 Å². The third-order valence-corrected chi connectivity index (χ3v) is 11.0. The van der Waals surface area contributed by atoms with Gasteiger partial charge < -0.3 is 24.3 Å². The van der Waals surface area contributed by atoms with Crippen LogP contribution < -0.4 is 15.0 Å². The number of anilines is 1. The van der Waals surface area contributed by atoms with Crippen LogP contribution in [0.2, 0.25) is 0 Å². The summed E-state index contributed by atoms with van der Waals surface area (Å²) in [6.07, 6.45) is 12.7. The molecule has 4 saturated carbocycles. The van der Waals surface area contributed by atoms with Crippen molar-refractivity contribution in [2.24, 2.45) is 11.8 Å². The molecule has 0 saturated heterocycles. The SMILES string of the molecule is COc1ccc(C2CCC(CN(C(=O)C3CCC(OC(=O)NC4CC(C)(O)C4)CC3)c3cc(-c4coc(C5CC5)n4)ccn3)CC2)nc1C. The lowest BCUT2D eigenvalue weighted by atomic mass is 9.77. The maximum atomic E-state index is 14.4. The molecule has 0 aliphatic heterocycles. The van der Waals surface area contributed by atoms with Crippen LogP contribution in [0.15, 0.2) is 41.1 Å². The van der Waals surface area contributed by atoms with Gasteiger partial charge in [-0.15, -0.1) is 0 Å². The fourth-order valence-electron chi connectivity index (χ4n) is 7.97. The zero-order chi connectivity index (χ0) is 34.1. The lowest BCUT2D eigenvalue weighted by molar-refractivity contribution is -0.124. The zero-order valence-corrected chi connectivity index (χ0v) is 28.9. The van der Waals surface area contributed by atoms with Gasteiger partial charge in [0.15, 0.2) is 5.89 Å². The summed E-state index contributed by atoms with van der Waals surface area (Å²) in [5.41, 5.74) is 2.97. The van der Waals surface area contributed by atoms with Crippen LogP contribution in [0.25, 0.3) is 11.3 Å². The Bertz CT molecular complexity index is 1630. The van der Waals surface area contributed by atoms with E-state index in [2.05, 4.69) is 11.4 Å². The number of carbonyl (C=O) groups is 2. The number of amides is 2. The first-order chi connectivity index (χ1) is 23.6. The van der Waals surface area contributed by atoms with E-state index in [1.807, 2.05) is 30.0 Å². The Morgan fingerprint density at radius 1 is 1.00 bits per heavy atom. The van der Waals surface area contributed by atoms with Gasteiger partial charge in [-0.05, 0) is 121 Å². The van der Waals surface area contributed by atoms with E-state index < -0.39 is 11.7 Å². The summed E-state index contributed by atoms with van der Waals surface area (Å²) < 4.78 is 16.9. The monoisotopic (exact) mass is 671 g/mol. The van der Waals surface area contributed by atoms with Crippen LogP contribution in [-0.2, 0) is 9.53 Å². The molecule has 49 heavy (non-hydrogen) atoms. The molecule has 7 rings (SSSR count). The molecule has 0 unspecified atom stereocenters. The average molecular weight is 672 g/mol. The minimum absolute atomic E-state index is 0.0542. The highest BCUT2D eigenvalue weighted by molar-refractivity contribution is 5.94. The van der Waals surface area contributed by atoms with Gasteiger partial charge >= 0.3 is 6.09 Å². The van der Waals surface area contributed by atoms with Crippen molar-refractivity contribution in [1.29, 1.82) is 0 Å². The first-order valence-electron chi connectivity index (χ1n) is 18.1. The summed E-state index contributed by atoms with van der Waals surface area (Å²) in [5, 5.41) is 12.8. The van der Waals surface area contributed by atoms with E-state index in [9.17, 15) is 14.7 Å². The highest BCUT2D eigenvalue weighted by Crippen LogP contribution is 2.41. The van der Waals surface area contributed by atoms with Crippen LogP contribution in [0.1, 0.15) is 113 Å². The van der Waals surface area contributed by atoms with E-state index in [1.165, 1.54) is 0 Å². The molecule has 0 atom stereocenters. The molecule has 4 aliphatic carbocycles. The summed E-state index contributed by atoms with van der Waals surface area (Å²) in [6.45, 7) is 4.36. The molecule has 11 heteroatoms. The highest BCUT2D eigenvalue weighted by Gasteiger charge is 2.40. The highest BCUT2D eigenvalue weighted by atomic mass is 16.6. The van der Waals surface area contributed by atoms with Gasteiger partial charge in [0.1, 0.15) is 29.6 Å². The van der Waals surface area contributed by atoms with Crippen molar-refractivity contribution >= 4 is 17.8 Å². The number of oxazole rings is 1. The minimum Gasteiger partial charge on any atom is -0.495 e. The summed E-state index contributed by atoms with van der Waals surface area (Å²) in [6, 6.07) is 7.94. The second kappa shape index (κ2) is 14.1. The van der Waals surface area contributed by atoms with Crippen molar-refractivity contribution in [2.45, 2.75) is 120 Å². The molecular formula is C38H49N5O6. The zero-order valence-electron chi connectivity index (χ0n) is 28.9. The standard InChI is InChI=1S/C38H49N5O6/c1-23-33(47-3)15-14-31(40-23)25-6-4-24(5-7-25)21-43(34-18-28(16-17-39-34)32-22-48-35(42-32)26-8-9-26)36(44)27-10-12-30(13-11-27)49-37(45)41-29-19-38(2,46)20-29/h14-18,22,24-27,29-30,46H,4-13,19-21H2,1-3H3,(H,41,45). The Labute approximate surface area is 288 Å². The van der Waals surface area contributed by atoms with Crippen LogP contribution in [0, 0.1) is 18.8 Å². The van der Waals surface area contributed by atoms with Crippen molar-refractivity contribution in [3.05, 3.63) is 54.0 Å². The minimum atomic E-state index is -0.711. The van der Waals surface area contributed by atoms with Crippen molar-refractivity contribution in [3.63, 3.8) is 0 Å². The van der Waals surface area contributed by atoms with Crippen molar-refractivity contribution < 1.29 is 28.6 Å². The van der Waals surface area contributed by atoms with Crippen LogP contribution in [0.4, 0.5) is 10.6 Å². The molecule has 3 aromatic heterocycles. The van der Waals surface area contributed by atoms with Gasteiger partial charge in [-0.25, -0.2) is 14.8 Å². The van der Waals surface area contributed by atoms with Crippen LogP contribution >= 0.6 is 0 Å². The molecule has 3 aromatic rings. The van der Waals surface area contributed by atoms with Gasteiger partial charge in [0, 0.05) is 47.8 Å². The van der Waals surface area contributed by atoms with Crippen LogP contribution in [0.5, 0.6) is 5.75 Å². The lowest BCUT2D eigenvalue weighted by Gasteiger charge is -2.41. The second-order valence-corrected chi connectivity index (χ2v) is 15.1. The predicted octanol–water partition coefficient (Wildman–Crippen LogP) is 6.83. The van der Waals surface area contributed by atoms with Gasteiger partial charge in [-0.2, -0.15) is 0 Å². The number of alkyl carbamates (subject to hydrolysis) is 1. The number of methoxy groups -OCH3 is 1. The van der Waals surface area contributed by atoms with Crippen molar-refractivity contribution in [2.75, 3.05) is 18.6 Å². The number of ether oxygens (including phenoxy) is 2. The number of aryl methyl sites for hydroxylation is 1.